The number of aromatic nitrogens is 2. The van der Waals surface area contributed by atoms with Crippen molar-refractivity contribution in [3.63, 3.8) is 0 Å². The summed E-state index contributed by atoms with van der Waals surface area (Å²) in [6.45, 7) is 4.83. The first-order valence-electron chi connectivity index (χ1n) is 9.28. The Morgan fingerprint density at radius 3 is 2.67 bits per heavy atom. The van der Waals surface area contributed by atoms with Gasteiger partial charge in [0.15, 0.2) is 0 Å². The molecule has 0 spiro atoms. The molecule has 1 atom stereocenters. The van der Waals surface area contributed by atoms with Gasteiger partial charge in [-0.1, -0.05) is 6.92 Å². The highest BCUT2D eigenvalue weighted by Gasteiger charge is 2.23. The fourth-order valence-electron chi connectivity index (χ4n) is 3.09. The van der Waals surface area contributed by atoms with Crippen molar-refractivity contribution in [1.29, 1.82) is 0 Å². The normalized spacial score (nSPS) is 16.7. The fraction of sp³-hybridized carbons (Fsp3) is 0.450. The number of nitrogens with zero attached hydrogens (tertiary/aromatic N) is 3. The largest absolute Gasteiger partial charge is 0.497 e. The van der Waals surface area contributed by atoms with Crippen LogP contribution >= 0.6 is 0 Å². The van der Waals surface area contributed by atoms with E-state index in [1.807, 2.05) is 29.2 Å². The van der Waals surface area contributed by atoms with Crippen molar-refractivity contribution in [2.45, 2.75) is 19.8 Å². The van der Waals surface area contributed by atoms with Crippen molar-refractivity contribution in [3.8, 4) is 11.5 Å². The summed E-state index contributed by atoms with van der Waals surface area (Å²) in [5.74, 6) is 2.70. The number of ether oxygens (including phenoxy) is 2. The number of nitrogens with one attached hydrogen (secondary N) is 1. The molecular weight excluding hydrogens is 344 g/mol. The van der Waals surface area contributed by atoms with E-state index in [0.717, 1.165) is 31.0 Å². The number of hydrogen-bond donors (Lipinski definition) is 1. The van der Waals surface area contributed by atoms with E-state index >= 15 is 0 Å². The summed E-state index contributed by atoms with van der Waals surface area (Å²) in [5, 5.41) is 3.14. The van der Waals surface area contributed by atoms with E-state index < -0.39 is 0 Å². The summed E-state index contributed by atoms with van der Waals surface area (Å²) in [7, 11) is 1.63. The summed E-state index contributed by atoms with van der Waals surface area (Å²) in [6, 6.07) is 7.43. The van der Waals surface area contributed by atoms with Gasteiger partial charge in [-0.3, -0.25) is 4.79 Å². The Morgan fingerprint density at radius 2 is 2.00 bits per heavy atom. The topological polar surface area (TPSA) is 76.6 Å². The van der Waals surface area contributed by atoms with Gasteiger partial charge in [-0.05, 0) is 43.0 Å². The number of carbonyl (C=O) groups is 1. The van der Waals surface area contributed by atoms with Crippen LogP contribution in [0.15, 0.2) is 36.7 Å². The Labute approximate surface area is 159 Å². The van der Waals surface area contributed by atoms with E-state index in [4.69, 9.17) is 9.47 Å². The molecular formula is C20H26N4O3. The summed E-state index contributed by atoms with van der Waals surface area (Å²) in [4.78, 5) is 22.9. The zero-order valence-electron chi connectivity index (χ0n) is 15.9. The molecule has 1 aliphatic rings. The maximum absolute atomic E-state index is 12.5. The van der Waals surface area contributed by atoms with Gasteiger partial charge in [0, 0.05) is 13.1 Å². The van der Waals surface area contributed by atoms with Gasteiger partial charge in [-0.15, -0.1) is 0 Å². The quantitative estimate of drug-likeness (QED) is 0.755. The Balaban J connectivity index is 1.44. The standard InChI is InChI=1S/C20H26N4O3/c1-15-4-3-10-24(14-15)20(25)18-12-23-19(13-22-18)21-9-11-27-17-7-5-16(26-2)6-8-17/h5-8,12-13,15H,3-4,9-11,14H2,1-2H3,(H,21,23). The molecule has 1 fully saturated rings. The molecule has 144 valence electrons. The second-order valence-corrected chi connectivity index (χ2v) is 6.74. The minimum atomic E-state index is -0.0385. The highest BCUT2D eigenvalue weighted by Crippen LogP contribution is 2.18. The van der Waals surface area contributed by atoms with Crippen LogP contribution in [0.25, 0.3) is 0 Å². The number of hydrogen-bond acceptors (Lipinski definition) is 6. The van der Waals surface area contributed by atoms with Gasteiger partial charge in [0.05, 0.1) is 26.0 Å². The molecule has 7 heteroatoms. The zero-order valence-corrected chi connectivity index (χ0v) is 15.9. The molecule has 7 nitrogen and oxygen atoms in total. The zero-order chi connectivity index (χ0) is 19.1. The van der Waals surface area contributed by atoms with Gasteiger partial charge >= 0.3 is 0 Å². The minimum Gasteiger partial charge on any atom is -0.497 e. The van der Waals surface area contributed by atoms with Crippen LogP contribution in [0, 0.1) is 5.92 Å². The van der Waals surface area contributed by atoms with Crippen molar-refractivity contribution in [2.75, 3.05) is 38.7 Å². The molecule has 2 heterocycles. The molecule has 1 N–H and O–H groups in total. The molecule has 1 aromatic heterocycles. The highest BCUT2D eigenvalue weighted by molar-refractivity contribution is 5.92. The Kier molecular flexibility index (Phi) is 6.46. The number of carbonyl (C=O) groups excluding carboxylic acids is 1. The lowest BCUT2D eigenvalue weighted by atomic mass is 10.0. The number of methoxy groups -OCH3 is 1. The van der Waals surface area contributed by atoms with Crippen LogP contribution in [0.2, 0.25) is 0 Å². The molecule has 1 saturated heterocycles. The predicted molar refractivity (Wildman–Crippen MR) is 103 cm³/mol. The average molecular weight is 370 g/mol. The average Bonchev–Trinajstić information content (AvgIpc) is 2.71. The number of likely N-dealkylation sites (tertiary alicyclic amines) is 1. The summed E-state index contributed by atoms with van der Waals surface area (Å²) in [5.41, 5.74) is 0.393. The van der Waals surface area contributed by atoms with Crippen LogP contribution in [0.5, 0.6) is 11.5 Å². The van der Waals surface area contributed by atoms with E-state index in [2.05, 4.69) is 22.2 Å². The maximum Gasteiger partial charge on any atom is 0.274 e. The van der Waals surface area contributed by atoms with Crippen LogP contribution in [-0.2, 0) is 0 Å². The molecule has 1 unspecified atom stereocenters. The van der Waals surface area contributed by atoms with Gasteiger partial charge in [-0.25, -0.2) is 9.97 Å². The summed E-state index contributed by atoms with van der Waals surface area (Å²) in [6.07, 6.45) is 5.35. The number of amides is 1. The first-order chi connectivity index (χ1) is 13.2. The predicted octanol–water partition coefficient (Wildman–Crippen LogP) is 2.85. The van der Waals surface area contributed by atoms with E-state index in [0.29, 0.717) is 30.6 Å². The van der Waals surface area contributed by atoms with Crippen LogP contribution < -0.4 is 14.8 Å². The molecule has 3 rings (SSSR count). The van der Waals surface area contributed by atoms with Crippen LogP contribution in [0.3, 0.4) is 0 Å². The first kappa shape index (κ1) is 18.9. The van der Waals surface area contributed by atoms with Crippen molar-refractivity contribution in [2.24, 2.45) is 5.92 Å². The van der Waals surface area contributed by atoms with E-state index in [1.54, 1.807) is 13.3 Å². The maximum atomic E-state index is 12.5. The third-order valence-electron chi connectivity index (χ3n) is 4.55. The molecule has 0 aliphatic carbocycles. The third-order valence-corrected chi connectivity index (χ3v) is 4.55. The monoisotopic (exact) mass is 370 g/mol. The first-order valence-corrected chi connectivity index (χ1v) is 9.28. The minimum absolute atomic E-state index is 0.0385. The fourth-order valence-corrected chi connectivity index (χ4v) is 3.09. The van der Waals surface area contributed by atoms with Crippen LogP contribution in [0.1, 0.15) is 30.3 Å². The van der Waals surface area contributed by atoms with Crippen molar-refractivity contribution in [1.82, 2.24) is 14.9 Å². The van der Waals surface area contributed by atoms with Crippen molar-refractivity contribution >= 4 is 11.7 Å². The van der Waals surface area contributed by atoms with Gasteiger partial charge in [0.2, 0.25) is 0 Å². The van der Waals surface area contributed by atoms with Gasteiger partial charge in [0.25, 0.3) is 5.91 Å². The molecule has 27 heavy (non-hydrogen) atoms. The summed E-state index contributed by atoms with van der Waals surface area (Å²) >= 11 is 0. The lowest BCUT2D eigenvalue weighted by molar-refractivity contribution is 0.0676. The number of benzene rings is 1. The Hall–Kier alpha value is -2.83. The lowest BCUT2D eigenvalue weighted by Crippen LogP contribution is -2.39. The SMILES string of the molecule is COc1ccc(OCCNc2cnc(C(=O)N3CCCC(C)C3)cn2)cc1. The third kappa shape index (κ3) is 5.32. The molecule has 1 aromatic carbocycles. The van der Waals surface area contributed by atoms with Crippen LogP contribution in [-0.4, -0.2) is 54.1 Å². The van der Waals surface area contributed by atoms with E-state index in [1.165, 1.54) is 12.6 Å². The van der Waals surface area contributed by atoms with Crippen molar-refractivity contribution in [3.05, 3.63) is 42.4 Å². The highest BCUT2D eigenvalue weighted by atomic mass is 16.5. The number of piperidine rings is 1. The molecule has 1 aliphatic heterocycles. The second kappa shape index (κ2) is 9.21. The van der Waals surface area contributed by atoms with Gasteiger partial charge < -0.3 is 19.7 Å². The number of rotatable bonds is 7. The summed E-state index contributed by atoms with van der Waals surface area (Å²) < 4.78 is 10.8. The number of anilines is 1. The van der Waals surface area contributed by atoms with Crippen LogP contribution in [0.4, 0.5) is 5.82 Å². The molecule has 0 radical (unpaired) electrons. The van der Waals surface area contributed by atoms with Gasteiger partial charge in [-0.2, -0.15) is 0 Å². The Bertz CT molecular complexity index is 734. The molecule has 2 aromatic rings. The van der Waals surface area contributed by atoms with E-state index in [9.17, 15) is 4.79 Å². The lowest BCUT2D eigenvalue weighted by Gasteiger charge is -2.30. The molecule has 0 saturated carbocycles. The van der Waals surface area contributed by atoms with Gasteiger partial charge in [0.1, 0.15) is 29.6 Å². The molecule has 1 amide bonds. The Morgan fingerprint density at radius 1 is 1.22 bits per heavy atom. The van der Waals surface area contributed by atoms with Crippen molar-refractivity contribution < 1.29 is 14.3 Å². The molecule has 0 bridgehead atoms. The second-order valence-electron chi connectivity index (χ2n) is 6.74. The smallest absolute Gasteiger partial charge is 0.274 e. The van der Waals surface area contributed by atoms with E-state index in [-0.39, 0.29) is 5.91 Å².